The van der Waals surface area contributed by atoms with Crippen molar-refractivity contribution >= 4 is 11.4 Å². The van der Waals surface area contributed by atoms with Gasteiger partial charge in [-0.05, 0) is 17.5 Å². The summed E-state index contributed by atoms with van der Waals surface area (Å²) in [5.74, 6) is -1.10. The molecule has 0 radical (unpaired) electrons. The highest BCUT2D eigenvalue weighted by Gasteiger charge is 2.11. The molecule has 0 amide bonds. The molecule has 0 aliphatic carbocycles. The molecule has 0 fully saturated rings. The van der Waals surface area contributed by atoms with Crippen LogP contribution in [0.4, 0.5) is 24.7 Å². The number of nitrogen functional groups attached to an aromatic ring is 1. The van der Waals surface area contributed by atoms with Gasteiger partial charge in [0.05, 0.1) is 5.69 Å². The molecule has 0 unspecified atom stereocenters. The molecule has 0 bridgehead atoms. The summed E-state index contributed by atoms with van der Waals surface area (Å²) in [4.78, 5) is 0. The number of benzene rings is 1. The molecule has 60 valence electrons. The van der Waals surface area contributed by atoms with Gasteiger partial charge in [-0.2, -0.15) is 0 Å². The van der Waals surface area contributed by atoms with E-state index in [-0.39, 0.29) is 5.69 Å². The van der Waals surface area contributed by atoms with E-state index in [0.717, 1.165) is 6.07 Å². The van der Waals surface area contributed by atoms with E-state index in [1.807, 2.05) is 0 Å². The highest BCUT2D eigenvalue weighted by molar-refractivity contribution is 5.55. The number of hydrogen-bond acceptors (Lipinski definition) is 2. The summed E-state index contributed by atoms with van der Waals surface area (Å²) < 4.78 is 36.1. The molecule has 0 aliphatic heterocycles. The van der Waals surface area contributed by atoms with Gasteiger partial charge in [0, 0.05) is 0 Å². The molecule has 1 aromatic rings. The molecule has 0 saturated carbocycles. The Hall–Kier alpha value is -1.39. The lowest BCUT2D eigenvalue weighted by Gasteiger charge is -2.03. The van der Waals surface area contributed by atoms with Gasteiger partial charge in [0.15, 0.2) is 5.82 Å². The summed E-state index contributed by atoms with van der Waals surface area (Å²) in [6, 6.07) is 3.40. The second kappa shape index (κ2) is 2.69. The van der Waals surface area contributed by atoms with E-state index in [4.69, 9.17) is 5.73 Å². The van der Waals surface area contributed by atoms with E-state index in [2.05, 4.69) is 0 Å². The van der Waals surface area contributed by atoms with Gasteiger partial charge in [0.1, 0.15) is 5.69 Å². The Morgan fingerprint density at radius 3 is 2.36 bits per heavy atom. The molecule has 2 N–H and O–H groups in total. The number of nitrogens with zero attached hydrogens (tertiary/aromatic N) is 1. The standard InChI is InChI=1S/C6H5F3N2/c7-6-4(10)2-1-3-5(6)11(8)9/h1-3H,10H2. The first-order chi connectivity index (χ1) is 5.13. The molecule has 0 atom stereocenters. The molecule has 0 aromatic heterocycles. The van der Waals surface area contributed by atoms with Crippen LogP contribution in [-0.2, 0) is 0 Å². The van der Waals surface area contributed by atoms with E-state index >= 15 is 0 Å². The van der Waals surface area contributed by atoms with Crippen molar-refractivity contribution in [2.75, 3.05) is 11.1 Å². The maximum Gasteiger partial charge on any atom is 0.174 e. The van der Waals surface area contributed by atoms with E-state index in [1.54, 1.807) is 0 Å². The van der Waals surface area contributed by atoms with Crippen molar-refractivity contribution in [3.8, 4) is 0 Å². The number of halogens is 3. The third-order valence-electron chi connectivity index (χ3n) is 1.19. The summed E-state index contributed by atoms with van der Waals surface area (Å²) in [5, 5.41) is -1.31. The van der Waals surface area contributed by atoms with Crippen LogP contribution >= 0.6 is 0 Å². The van der Waals surface area contributed by atoms with Crippen LogP contribution in [0.25, 0.3) is 0 Å². The minimum absolute atomic E-state index is 0.289. The highest BCUT2D eigenvalue weighted by Crippen LogP contribution is 2.23. The van der Waals surface area contributed by atoms with Crippen LogP contribution in [0.3, 0.4) is 0 Å². The Kier molecular flexibility index (Phi) is 1.89. The maximum atomic E-state index is 12.6. The van der Waals surface area contributed by atoms with Crippen molar-refractivity contribution in [2.45, 2.75) is 0 Å². The van der Waals surface area contributed by atoms with Gasteiger partial charge in [-0.15, -0.1) is 0 Å². The topological polar surface area (TPSA) is 29.3 Å². The molecule has 1 aromatic carbocycles. The van der Waals surface area contributed by atoms with Crippen molar-refractivity contribution < 1.29 is 13.4 Å². The smallest absolute Gasteiger partial charge is 0.174 e. The summed E-state index contributed by atoms with van der Waals surface area (Å²) in [5.41, 5.74) is 3.92. The molecule has 11 heavy (non-hydrogen) atoms. The van der Waals surface area contributed by atoms with Gasteiger partial charge in [0.2, 0.25) is 0 Å². The number of anilines is 2. The summed E-state index contributed by atoms with van der Waals surface area (Å²) >= 11 is 0. The lowest BCUT2D eigenvalue weighted by Crippen LogP contribution is -2.01. The normalized spacial score (nSPS) is 9.73. The van der Waals surface area contributed by atoms with Crippen LogP contribution in [0, 0.1) is 5.82 Å². The number of rotatable bonds is 1. The Morgan fingerprint density at radius 1 is 1.27 bits per heavy atom. The van der Waals surface area contributed by atoms with Gasteiger partial charge in [0.25, 0.3) is 0 Å². The van der Waals surface area contributed by atoms with E-state index < -0.39 is 16.8 Å². The zero-order chi connectivity index (χ0) is 8.43. The molecule has 1 rings (SSSR count). The molecule has 0 saturated heterocycles. The van der Waals surface area contributed by atoms with Crippen molar-refractivity contribution in [3.63, 3.8) is 0 Å². The second-order valence-electron chi connectivity index (χ2n) is 1.91. The van der Waals surface area contributed by atoms with E-state index in [1.165, 1.54) is 12.1 Å². The first-order valence-electron chi connectivity index (χ1n) is 2.78. The predicted octanol–water partition coefficient (Wildman–Crippen LogP) is 1.98. The Morgan fingerprint density at radius 2 is 1.91 bits per heavy atom. The summed E-state index contributed by atoms with van der Waals surface area (Å²) in [7, 11) is 0. The van der Waals surface area contributed by atoms with Gasteiger partial charge in [-0.1, -0.05) is 15.0 Å². The average molecular weight is 162 g/mol. The third-order valence-corrected chi connectivity index (χ3v) is 1.19. The average Bonchev–Trinajstić information content (AvgIpc) is 1.94. The third kappa shape index (κ3) is 1.36. The van der Waals surface area contributed by atoms with Gasteiger partial charge >= 0.3 is 0 Å². The molecular formula is C6H5F3N2. The molecular weight excluding hydrogens is 157 g/mol. The number of nitrogens with two attached hydrogens (primary N) is 1. The fraction of sp³-hybridized carbons (Fsp3) is 0. The molecule has 0 heterocycles. The Labute approximate surface area is 60.9 Å². The van der Waals surface area contributed by atoms with Crippen LogP contribution < -0.4 is 11.1 Å². The first kappa shape index (κ1) is 7.71. The Bertz CT molecular complexity index is 262. The summed E-state index contributed by atoms with van der Waals surface area (Å²) in [6.45, 7) is 0. The highest BCUT2D eigenvalue weighted by atomic mass is 19.4. The number of hydrogen-bond donors (Lipinski definition) is 1. The molecule has 0 spiro atoms. The van der Waals surface area contributed by atoms with Gasteiger partial charge in [-0.3, -0.25) is 0 Å². The Balaban J connectivity index is 3.17. The largest absolute Gasteiger partial charge is 0.396 e. The van der Waals surface area contributed by atoms with E-state index in [0.29, 0.717) is 0 Å². The monoisotopic (exact) mass is 162 g/mol. The second-order valence-corrected chi connectivity index (χ2v) is 1.91. The lowest BCUT2D eigenvalue weighted by molar-refractivity contribution is 0.231. The van der Waals surface area contributed by atoms with Crippen molar-refractivity contribution in [1.82, 2.24) is 0 Å². The zero-order valence-corrected chi connectivity index (χ0v) is 5.39. The van der Waals surface area contributed by atoms with E-state index in [9.17, 15) is 13.4 Å². The molecule has 0 aliphatic rings. The fourth-order valence-electron chi connectivity index (χ4n) is 0.668. The van der Waals surface area contributed by atoms with Gasteiger partial charge in [-0.25, -0.2) is 4.39 Å². The quantitative estimate of drug-likeness (QED) is 0.505. The predicted molar refractivity (Wildman–Crippen MR) is 35.5 cm³/mol. The molecule has 2 nitrogen and oxygen atoms in total. The van der Waals surface area contributed by atoms with Crippen LogP contribution in [-0.4, -0.2) is 0 Å². The SMILES string of the molecule is Nc1cccc(N(F)F)c1F. The van der Waals surface area contributed by atoms with Crippen LogP contribution in [0.1, 0.15) is 0 Å². The maximum absolute atomic E-state index is 12.6. The van der Waals surface area contributed by atoms with Crippen molar-refractivity contribution in [2.24, 2.45) is 0 Å². The zero-order valence-electron chi connectivity index (χ0n) is 5.39. The van der Waals surface area contributed by atoms with Crippen molar-refractivity contribution in [1.29, 1.82) is 0 Å². The lowest BCUT2D eigenvalue weighted by atomic mass is 10.3. The van der Waals surface area contributed by atoms with Crippen LogP contribution in [0.15, 0.2) is 18.2 Å². The first-order valence-corrected chi connectivity index (χ1v) is 2.78. The fourth-order valence-corrected chi connectivity index (χ4v) is 0.668. The minimum Gasteiger partial charge on any atom is -0.396 e. The molecule has 5 heteroatoms. The van der Waals surface area contributed by atoms with Crippen LogP contribution in [0.2, 0.25) is 0 Å². The van der Waals surface area contributed by atoms with Gasteiger partial charge < -0.3 is 5.73 Å². The van der Waals surface area contributed by atoms with Crippen molar-refractivity contribution in [3.05, 3.63) is 24.0 Å². The summed E-state index contributed by atoms with van der Waals surface area (Å²) in [6.07, 6.45) is 0. The van der Waals surface area contributed by atoms with Crippen LogP contribution in [0.5, 0.6) is 0 Å². The minimum atomic E-state index is -1.31.